The minimum absolute atomic E-state index is 0.295. The van der Waals surface area contributed by atoms with Crippen molar-refractivity contribution in [2.45, 2.75) is 25.9 Å². The van der Waals surface area contributed by atoms with E-state index >= 15 is 0 Å². The van der Waals surface area contributed by atoms with Gasteiger partial charge in [-0.2, -0.15) is 5.10 Å². The zero-order valence-corrected chi connectivity index (χ0v) is 19.4. The number of hydrogen-bond donors (Lipinski definition) is 0. The van der Waals surface area contributed by atoms with Crippen molar-refractivity contribution in [3.63, 3.8) is 0 Å². The Morgan fingerprint density at radius 2 is 1.92 bits per heavy atom. The molecule has 0 spiro atoms. The summed E-state index contributed by atoms with van der Waals surface area (Å²) in [5.74, 6) is 1.47. The summed E-state index contributed by atoms with van der Waals surface area (Å²) in [6.07, 6.45) is 2.03. The molecule has 0 N–H and O–H groups in total. The molecule has 1 atom stereocenters. The van der Waals surface area contributed by atoms with Gasteiger partial charge in [0.05, 0.1) is 38.0 Å². The molecule has 5 rings (SSSR count). The van der Waals surface area contributed by atoms with E-state index in [0.29, 0.717) is 36.1 Å². The fourth-order valence-corrected chi connectivity index (χ4v) is 3.96. The number of alkyl halides is 3. The first-order valence-corrected chi connectivity index (χ1v) is 11.1. The lowest BCUT2D eigenvalue weighted by Gasteiger charge is -2.23. The summed E-state index contributed by atoms with van der Waals surface area (Å²) in [6.45, 7) is 2.84. The van der Waals surface area contributed by atoms with Crippen LogP contribution in [0, 0.1) is 6.92 Å². The van der Waals surface area contributed by atoms with E-state index in [1.165, 1.54) is 24.3 Å². The summed E-state index contributed by atoms with van der Waals surface area (Å²) < 4.78 is 56.4. The number of halogens is 3. The number of ether oxygens (including phenoxy) is 3. The molecule has 2 aromatic heterocycles. The van der Waals surface area contributed by atoms with Gasteiger partial charge in [0, 0.05) is 6.20 Å². The lowest BCUT2D eigenvalue weighted by atomic mass is 10.1. The van der Waals surface area contributed by atoms with Crippen LogP contribution in [0.15, 0.2) is 55.0 Å². The van der Waals surface area contributed by atoms with E-state index in [1.54, 1.807) is 24.2 Å². The molecule has 36 heavy (non-hydrogen) atoms. The molecule has 186 valence electrons. The lowest BCUT2D eigenvalue weighted by molar-refractivity contribution is -0.274. The van der Waals surface area contributed by atoms with Crippen molar-refractivity contribution in [1.82, 2.24) is 24.3 Å². The molecule has 2 aromatic carbocycles. The van der Waals surface area contributed by atoms with Crippen molar-refractivity contribution >= 4 is 12.2 Å². The minimum Gasteiger partial charge on any atom is -0.495 e. The van der Waals surface area contributed by atoms with Gasteiger partial charge in [-0.05, 0) is 48.4 Å². The molecule has 0 bridgehead atoms. The fraction of sp³-hybridized carbons (Fsp3) is 0.240. The van der Waals surface area contributed by atoms with E-state index < -0.39 is 12.5 Å². The largest absolute Gasteiger partial charge is 0.573 e. The highest BCUT2D eigenvalue weighted by atomic mass is 19.4. The maximum Gasteiger partial charge on any atom is 0.573 e. The van der Waals surface area contributed by atoms with Gasteiger partial charge in [0.15, 0.2) is 11.6 Å². The number of aryl methyl sites for hydroxylation is 1. The van der Waals surface area contributed by atoms with E-state index in [4.69, 9.17) is 9.47 Å². The third-order valence-corrected chi connectivity index (χ3v) is 5.57. The zero-order valence-electron chi connectivity index (χ0n) is 19.4. The van der Waals surface area contributed by atoms with Crippen LogP contribution in [0.4, 0.5) is 13.2 Å². The van der Waals surface area contributed by atoms with Crippen molar-refractivity contribution in [3.8, 4) is 17.2 Å². The predicted molar refractivity (Wildman–Crippen MR) is 125 cm³/mol. The van der Waals surface area contributed by atoms with Crippen LogP contribution in [0.5, 0.6) is 11.5 Å². The molecule has 0 aliphatic carbocycles. The number of aromatic nitrogens is 5. The second kappa shape index (κ2) is 9.50. The Labute approximate surface area is 204 Å². The SMILES string of the molecule is COc1cc(/C=C/c2nc3n(n2)CCO[C@@H]3c2ccc(OC(F)(F)F)cc2)ccc1-n1cnc(C)c1. The van der Waals surface area contributed by atoms with Gasteiger partial charge >= 0.3 is 6.36 Å². The average molecular weight is 497 g/mol. The van der Waals surface area contributed by atoms with E-state index in [-0.39, 0.29) is 5.75 Å². The van der Waals surface area contributed by atoms with Gasteiger partial charge in [-0.25, -0.2) is 14.6 Å². The van der Waals surface area contributed by atoms with Crippen molar-refractivity contribution in [1.29, 1.82) is 0 Å². The van der Waals surface area contributed by atoms with Crippen LogP contribution in [0.1, 0.15) is 34.6 Å². The number of rotatable bonds is 6. The average Bonchev–Trinajstić information content (AvgIpc) is 3.48. The predicted octanol–water partition coefficient (Wildman–Crippen LogP) is 4.97. The van der Waals surface area contributed by atoms with Crippen LogP contribution in [0.2, 0.25) is 0 Å². The Hall–Kier alpha value is -4.12. The van der Waals surface area contributed by atoms with Gasteiger partial charge in [-0.1, -0.05) is 24.3 Å². The van der Waals surface area contributed by atoms with Gasteiger partial charge in [-0.3, -0.25) is 0 Å². The maximum absolute atomic E-state index is 12.4. The molecule has 0 fully saturated rings. The van der Waals surface area contributed by atoms with Crippen LogP contribution in [-0.4, -0.2) is 44.4 Å². The van der Waals surface area contributed by atoms with E-state index in [2.05, 4.69) is 19.8 Å². The quantitative estimate of drug-likeness (QED) is 0.375. The van der Waals surface area contributed by atoms with Gasteiger partial charge in [0.25, 0.3) is 0 Å². The molecule has 1 aliphatic heterocycles. The standard InChI is InChI=1S/C25H22F3N5O3/c1-16-14-32(15-29-16)20-9-3-17(13-21(20)34-2)4-10-22-30-24-23(35-12-11-33(24)31-22)18-5-7-19(8-6-18)36-25(26,27)28/h3-10,13-15,23H,11-12H2,1-2H3/b10-4+/t23-/m1/s1. The monoisotopic (exact) mass is 497 g/mol. The van der Waals surface area contributed by atoms with Crippen LogP contribution >= 0.6 is 0 Å². The first kappa shape index (κ1) is 23.6. The summed E-state index contributed by atoms with van der Waals surface area (Å²) in [4.78, 5) is 8.86. The highest BCUT2D eigenvalue weighted by Crippen LogP contribution is 2.31. The summed E-state index contributed by atoms with van der Waals surface area (Å²) in [5.41, 5.74) is 3.33. The maximum atomic E-state index is 12.4. The highest BCUT2D eigenvalue weighted by Gasteiger charge is 2.31. The Kier molecular flexibility index (Phi) is 6.23. The van der Waals surface area contributed by atoms with Crippen LogP contribution in [-0.2, 0) is 11.3 Å². The Morgan fingerprint density at radius 1 is 1.11 bits per heavy atom. The molecule has 0 saturated heterocycles. The molecule has 0 saturated carbocycles. The Bertz CT molecular complexity index is 1390. The number of imidazole rings is 1. The van der Waals surface area contributed by atoms with Crippen molar-refractivity contribution in [2.75, 3.05) is 13.7 Å². The summed E-state index contributed by atoms with van der Waals surface area (Å²) >= 11 is 0. The van der Waals surface area contributed by atoms with Crippen molar-refractivity contribution in [2.24, 2.45) is 0 Å². The molecule has 0 amide bonds. The number of nitrogens with zero attached hydrogens (tertiary/aromatic N) is 5. The second-order valence-electron chi connectivity index (χ2n) is 8.11. The zero-order chi connectivity index (χ0) is 25.3. The van der Waals surface area contributed by atoms with Crippen molar-refractivity contribution < 1.29 is 27.4 Å². The fourth-order valence-electron chi connectivity index (χ4n) is 3.96. The molecule has 3 heterocycles. The molecule has 1 aliphatic rings. The number of methoxy groups -OCH3 is 1. The van der Waals surface area contributed by atoms with E-state index in [0.717, 1.165) is 16.9 Å². The topological polar surface area (TPSA) is 76.2 Å². The van der Waals surface area contributed by atoms with E-state index in [1.807, 2.05) is 42.0 Å². The molecule has 0 radical (unpaired) electrons. The Balaban J connectivity index is 1.35. The smallest absolute Gasteiger partial charge is 0.495 e. The third kappa shape index (κ3) is 5.10. The van der Waals surface area contributed by atoms with Gasteiger partial charge in [-0.15, -0.1) is 13.2 Å². The molecule has 11 heteroatoms. The number of fused-ring (bicyclic) bond motifs is 1. The summed E-state index contributed by atoms with van der Waals surface area (Å²) in [7, 11) is 1.61. The summed E-state index contributed by atoms with van der Waals surface area (Å²) in [6, 6.07) is 11.4. The van der Waals surface area contributed by atoms with Crippen LogP contribution in [0.3, 0.4) is 0 Å². The molecular formula is C25H22F3N5O3. The first-order chi connectivity index (χ1) is 17.3. The molecule has 8 nitrogen and oxygen atoms in total. The third-order valence-electron chi connectivity index (χ3n) is 5.57. The van der Waals surface area contributed by atoms with E-state index in [9.17, 15) is 13.2 Å². The lowest BCUT2D eigenvalue weighted by Crippen LogP contribution is -2.23. The molecule has 4 aromatic rings. The highest BCUT2D eigenvalue weighted by molar-refractivity contribution is 5.69. The Morgan fingerprint density at radius 3 is 2.61 bits per heavy atom. The van der Waals surface area contributed by atoms with Gasteiger partial charge in [0.1, 0.15) is 17.6 Å². The molecular weight excluding hydrogens is 475 g/mol. The van der Waals surface area contributed by atoms with Crippen molar-refractivity contribution in [3.05, 3.63) is 83.5 Å². The van der Waals surface area contributed by atoms with Gasteiger partial charge < -0.3 is 18.8 Å². The number of benzene rings is 2. The summed E-state index contributed by atoms with van der Waals surface area (Å²) in [5, 5.41) is 4.54. The number of hydrogen-bond acceptors (Lipinski definition) is 6. The molecule has 0 unspecified atom stereocenters. The second-order valence-corrected chi connectivity index (χ2v) is 8.11. The van der Waals surface area contributed by atoms with Gasteiger partial charge in [0.2, 0.25) is 0 Å². The normalized spacial score (nSPS) is 15.8. The first-order valence-electron chi connectivity index (χ1n) is 11.1. The van der Waals surface area contributed by atoms with Crippen LogP contribution < -0.4 is 9.47 Å². The van der Waals surface area contributed by atoms with Crippen LogP contribution in [0.25, 0.3) is 17.8 Å². The minimum atomic E-state index is -4.74.